The molecule has 0 saturated heterocycles. The first-order valence-corrected chi connectivity index (χ1v) is 6.83. The predicted octanol–water partition coefficient (Wildman–Crippen LogP) is 4.43. The Bertz CT molecular complexity index is 614. The van der Waals surface area contributed by atoms with Crippen LogP contribution < -0.4 is 5.32 Å². The molecule has 2 rings (SSSR count). The Labute approximate surface area is 119 Å². The molecule has 2 aromatic carbocycles. The highest BCUT2D eigenvalue weighted by Gasteiger charge is 2.18. The molecule has 3 heteroatoms. The van der Waals surface area contributed by atoms with Gasteiger partial charge >= 0.3 is 6.09 Å². The minimum Gasteiger partial charge on any atom is -0.444 e. The Kier molecular flexibility index (Phi) is 3.98. The van der Waals surface area contributed by atoms with E-state index in [1.807, 2.05) is 45.9 Å². The van der Waals surface area contributed by atoms with Gasteiger partial charge in [0.15, 0.2) is 0 Å². The average molecular weight is 271 g/mol. The molecule has 0 spiro atoms. The topological polar surface area (TPSA) is 38.3 Å². The van der Waals surface area contributed by atoms with Crippen molar-refractivity contribution in [3.05, 3.63) is 48.0 Å². The second kappa shape index (κ2) is 5.53. The first kappa shape index (κ1) is 14.4. The number of nitrogens with one attached hydrogen (secondary N) is 1. The fourth-order valence-electron chi connectivity index (χ4n) is 2.04. The van der Waals surface area contributed by atoms with Gasteiger partial charge in [-0.05, 0) is 50.1 Å². The van der Waals surface area contributed by atoms with Gasteiger partial charge < -0.3 is 10.1 Å². The van der Waals surface area contributed by atoms with E-state index in [4.69, 9.17) is 4.74 Å². The quantitative estimate of drug-likeness (QED) is 0.877. The Morgan fingerprint density at radius 1 is 1.10 bits per heavy atom. The minimum absolute atomic E-state index is 0.0885. The van der Waals surface area contributed by atoms with Gasteiger partial charge in [0, 0.05) is 0 Å². The summed E-state index contributed by atoms with van der Waals surface area (Å²) < 4.78 is 5.27. The van der Waals surface area contributed by atoms with E-state index in [1.165, 1.54) is 10.8 Å². The van der Waals surface area contributed by atoms with E-state index in [0.29, 0.717) is 0 Å². The maximum absolute atomic E-state index is 11.8. The van der Waals surface area contributed by atoms with E-state index in [9.17, 15) is 4.79 Å². The highest BCUT2D eigenvalue weighted by Crippen LogP contribution is 2.20. The number of amides is 1. The number of fused-ring (bicyclic) bond motifs is 1. The number of carbonyl (C=O) groups is 1. The molecule has 20 heavy (non-hydrogen) atoms. The first-order chi connectivity index (χ1) is 9.35. The number of alkyl carbamates (subject to hydrolysis) is 1. The van der Waals surface area contributed by atoms with Crippen molar-refractivity contribution >= 4 is 16.9 Å². The number of hydrogen-bond acceptors (Lipinski definition) is 2. The summed E-state index contributed by atoms with van der Waals surface area (Å²) in [5.41, 5.74) is 0.585. The van der Waals surface area contributed by atoms with Crippen molar-refractivity contribution in [3.63, 3.8) is 0 Å². The third-order valence-electron chi connectivity index (χ3n) is 3.01. The van der Waals surface area contributed by atoms with Crippen LogP contribution in [0, 0.1) is 0 Å². The number of carbonyl (C=O) groups excluding carboxylic acids is 1. The van der Waals surface area contributed by atoms with Gasteiger partial charge in [0.25, 0.3) is 0 Å². The van der Waals surface area contributed by atoms with E-state index < -0.39 is 11.7 Å². The molecule has 0 bridgehead atoms. The Morgan fingerprint density at radius 2 is 1.75 bits per heavy atom. The largest absolute Gasteiger partial charge is 0.444 e. The number of ether oxygens (including phenoxy) is 1. The van der Waals surface area contributed by atoms with E-state index in [0.717, 1.165) is 5.56 Å². The van der Waals surface area contributed by atoms with Gasteiger partial charge in [-0.1, -0.05) is 36.4 Å². The second-order valence-corrected chi connectivity index (χ2v) is 5.97. The van der Waals surface area contributed by atoms with Gasteiger partial charge in [-0.25, -0.2) is 4.79 Å². The van der Waals surface area contributed by atoms with Crippen LogP contribution in [0.5, 0.6) is 0 Å². The zero-order valence-corrected chi connectivity index (χ0v) is 12.4. The molecule has 0 saturated carbocycles. The molecule has 0 aliphatic heterocycles. The molecule has 0 unspecified atom stereocenters. The lowest BCUT2D eigenvalue weighted by Crippen LogP contribution is -2.34. The zero-order chi connectivity index (χ0) is 14.8. The predicted molar refractivity (Wildman–Crippen MR) is 81.7 cm³/mol. The molecule has 1 N–H and O–H groups in total. The molecule has 0 aliphatic carbocycles. The molecule has 0 aromatic heterocycles. The Morgan fingerprint density at radius 3 is 2.40 bits per heavy atom. The molecule has 0 aliphatic rings. The van der Waals surface area contributed by atoms with Gasteiger partial charge in [0.1, 0.15) is 5.60 Å². The smallest absolute Gasteiger partial charge is 0.408 e. The van der Waals surface area contributed by atoms with Crippen LogP contribution in [0.15, 0.2) is 42.5 Å². The van der Waals surface area contributed by atoms with Crippen molar-refractivity contribution < 1.29 is 9.53 Å². The van der Waals surface area contributed by atoms with Crippen LogP contribution >= 0.6 is 0 Å². The third kappa shape index (κ3) is 3.73. The molecule has 0 radical (unpaired) electrons. The van der Waals surface area contributed by atoms with Crippen molar-refractivity contribution in [1.82, 2.24) is 5.32 Å². The number of benzene rings is 2. The summed E-state index contributed by atoms with van der Waals surface area (Å²) in [6.07, 6.45) is -0.391. The van der Waals surface area contributed by atoms with Crippen LogP contribution in [0.3, 0.4) is 0 Å². The van der Waals surface area contributed by atoms with Gasteiger partial charge in [0.2, 0.25) is 0 Å². The zero-order valence-electron chi connectivity index (χ0n) is 12.4. The molecule has 106 valence electrons. The normalized spacial score (nSPS) is 13.0. The van der Waals surface area contributed by atoms with Crippen LogP contribution in [0.4, 0.5) is 4.79 Å². The summed E-state index contributed by atoms with van der Waals surface area (Å²) in [6.45, 7) is 7.52. The van der Waals surface area contributed by atoms with Gasteiger partial charge in [-0.15, -0.1) is 0 Å². The van der Waals surface area contributed by atoms with Crippen molar-refractivity contribution in [2.45, 2.75) is 39.3 Å². The molecule has 1 atom stereocenters. The Balaban J connectivity index is 2.11. The van der Waals surface area contributed by atoms with Crippen molar-refractivity contribution in [1.29, 1.82) is 0 Å². The third-order valence-corrected chi connectivity index (χ3v) is 3.01. The summed E-state index contributed by atoms with van der Waals surface area (Å²) in [4.78, 5) is 11.8. The fraction of sp³-hybridized carbons (Fsp3) is 0.353. The molecular weight excluding hydrogens is 250 g/mol. The van der Waals surface area contributed by atoms with Gasteiger partial charge in [0.05, 0.1) is 6.04 Å². The molecule has 2 aromatic rings. The molecule has 0 heterocycles. The average Bonchev–Trinajstić information content (AvgIpc) is 2.35. The van der Waals surface area contributed by atoms with E-state index in [-0.39, 0.29) is 6.04 Å². The van der Waals surface area contributed by atoms with Crippen molar-refractivity contribution in [2.75, 3.05) is 0 Å². The SMILES string of the molecule is C[C@@H](NC(=O)OC(C)(C)C)c1ccc2ccccc2c1. The van der Waals surface area contributed by atoms with Crippen molar-refractivity contribution in [3.8, 4) is 0 Å². The van der Waals surface area contributed by atoms with Crippen LogP contribution in [-0.2, 0) is 4.74 Å². The highest BCUT2D eigenvalue weighted by atomic mass is 16.6. The van der Waals surface area contributed by atoms with E-state index >= 15 is 0 Å². The summed E-state index contributed by atoms with van der Waals surface area (Å²) in [6, 6.07) is 14.3. The highest BCUT2D eigenvalue weighted by molar-refractivity contribution is 5.83. The lowest BCUT2D eigenvalue weighted by Gasteiger charge is -2.22. The fourth-order valence-corrected chi connectivity index (χ4v) is 2.04. The summed E-state index contributed by atoms with van der Waals surface area (Å²) in [7, 11) is 0. The van der Waals surface area contributed by atoms with E-state index in [1.54, 1.807) is 0 Å². The monoisotopic (exact) mass is 271 g/mol. The second-order valence-electron chi connectivity index (χ2n) is 5.97. The summed E-state index contributed by atoms with van der Waals surface area (Å²) in [5, 5.41) is 5.22. The lowest BCUT2D eigenvalue weighted by molar-refractivity contribution is 0.0508. The maximum Gasteiger partial charge on any atom is 0.408 e. The van der Waals surface area contributed by atoms with Crippen LogP contribution in [-0.4, -0.2) is 11.7 Å². The molecule has 3 nitrogen and oxygen atoms in total. The number of rotatable bonds is 2. The van der Waals surface area contributed by atoms with Gasteiger partial charge in [-0.2, -0.15) is 0 Å². The standard InChI is InChI=1S/C17H21NO2/c1-12(18-16(19)20-17(2,3)4)14-10-9-13-7-5-6-8-15(13)11-14/h5-12H,1-4H3,(H,18,19)/t12-/m1/s1. The molecular formula is C17H21NO2. The maximum atomic E-state index is 11.8. The minimum atomic E-state index is -0.479. The van der Waals surface area contributed by atoms with Gasteiger partial charge in [-0.3, -0.25) is 0 Å². The molecule has 1 amide bonds. The summed E-state index contributed by atoms with van der Waals surface area (Å²) in [5.74, 6) is 0. The summed E-state index contributed by atoms with van der Waals surface area (Å²) >= 11 is 0. The van der Waals surface area contributed by atoms with Crippen LogP contribution in [0.1, 0.15) is 39.3 Å². The van der Waals surface area contributed by atoms with Crippen molar-refractivity contribution in [2.24, 2.45) is 0 Å². The van der Waals surface area contributed by atoms with E-state index in [2.05, 4.69) is 29.6 Å². The Hall–Kier alpha value is -2.03. The number of hydrogen-bond donors (Lipinski definition) is 1. The lowest BCUT2D eigenvalue weighted by atomic mass is 10.0. The molecule has 0 fully saturated rings. The first-order valence-electron chi connectivity index (χ1n) is 6.83. The van der Waals surface area contributed by atoms with Crippen LogP contribution in [0.25, 0.3) is 10.8 Å². The van der Waals surface area contributed by atoms with Crippen LogP contribution in [0.2, 0.25) is 0 Å².